The lowest BCUT2D eigenvalue weighted by atomic mass is 10.1. The van der Waals surface area contributed by atoms with Crippen LogP contribution in [0.1, 0.15) is 26.3 Å². The predicted molar refractivity (Wildman–Crippen MR) is 142 cm³/mol. The highest BCUT2D eigenvalue weighted by Gasteiger charge is 2.33. The van der Waals surface area contributed by atoms with Gasteiger partial charge in [-0.25, -0.2) is 17.2 Å². The molecule has 0 aliphatic heterocycles. The van der Waals surface area contributed by atoms with Crippen LogP contribution in [0, 0.1) is 17.6 Å². The van der Waals surface area contributed by atoms with E-state index in [1.807, 2.05) is 13.8 Å². The second-order valence-corrected chi connectivity index (χ2v) is 11.1. The first-order valence-corrected chi connectivity index (χ1v) is 13.6. The summed E-state index contributed by atoms with van der Waals surface area (Å²) in [6.45, 7) is 4.90. The number of carbonyl (C=O) groups excluding carboxylic acids is 2. The summed E-state index contributed by atoms with van der Waals surface area (Å²) >= 11 is 0. The van der Waals surface area contributed by atoms with Crippen LogP contribution in [0.2, 0.25) is 0 Å². The average Bonchev–Trinajstić information content (AvgIpc) is 2.90. The molecule has 1 N–H and O–H groups in total. The van der Waals surface area contributed by atoms with Crippen molar-refractivity contribution >= 4 is 27.5 Å². The predicted octanol–water partition coefficient (Wildman–Crippen LogP) is 4.35. The molecule has 0 saturated heterocycles. The van der Waals surface area contributed by atoms with Crippen LogP contribution < -0.4 is 9.62 Å². The van der Waals surface area contributed by atoms with E-state index >= 15 is 0 Å². The van der Waals surface area contributed by atoms with Crippen molar-refractivity contribution in [3.05, 3.63) is 96.1 Å². The zero-order chi connectivity index (χ0) is 27.9. The summed E-state index contributed by atoms with van der Waals surface area (Å²) in [6.07, 6.45) is 0. The van der Waals surface area contributed by atoms with Crippen LogP contribution in [0.5, 0.6) is 0 Å². The fraction of sp³-hybridized carbons (Fsp3) is 0.286. The van der Waals surface area contributed by atoms with Gasteiger partial charge in [-0.1, -0.05) is 56.3 Å². The van der Waals surface area contributed by atoms with Crippen LogP contribution in [-0.2, 0) is 26.2 Å². The monoisotopic (exact) mass is 543 g/mol. The number of halogens is 2. The van der Waals surface area contributed by atoms with Crippen molar-refractivity contribution in [2.45, 2.75) is 38.3 Å². The molecule has 0 aromatic heterocycles. The first kappa shape index (κ1) is 28.8. The van der Waals surface area contributed by atoms with E-state index in [2.05, 4.69) is 5.32 Å². The number of hydrogen-bond acceptors (Lipinski definition) is 4. The maximum absolute atomic E-state index is 14.9. The number of benzene rings is 3. The van der Waals surface area contributed by atoms with Crippen molar-refractivity contribution in [2.24, 2.45) is 5.92 Å². The molecule has 0 bridgehead atoms. The van der Waals surface area contributed by atoms with E-state index in [0.717, 1.165) is 6.07 Å². The molecule has 0 unspecified atom stereocenters. The molecule has 1 atom stereocenters. The van der Waals surface area contributed by atoms with E-state index < -0.39 is 46.1 Å². The van der Waals surface area contributed by atoms with E-state index in [0.29, 0.717) is 16.4 Å². The number of para-hydroxylation sites is 1. The van der Waals surface area contributed by atoms with E-state index in [-0.39, 0.29) is 23.0 Å². The average molecular weight is 544 g/mol. The Labute approximate surface area is 222 Å². The van der Waals surface area contributed by atoms with E-state index in [9.17, 15) is 26.8 Å². The lowest BCUT2D eigenvalue weighted by molar-refractivity contribution is -0.139. The standard InChI is InChI=1S/C28H31F2N3O4S/c1-20(2)17-31-28(35)21(3)32(18-22-13-15-23(29)16-14-22)27(34)19-33(26-12-8-7-11-25(26)30)38(36,37)24-9-5-4-6-10-24/h4-16,20-21H,17-19H2,1-3H3,(H,31,35)/t21-/m0/s1. The molecule has 10 heteroatoms. The summed E-state index contributed by atoms with van der Waals surface area (Å²) in [7, 11) is -4.36. The van der Waals surface area contributed by atoms with Crippen molar-refractivity contribution in [1.29, 1.82) is 0 Å². The van der Waals surface area contributed by atoms with E-state index in [1.54, 1.807) is 6.07 Å². The minimum absolute atomic E-state index is 0.0914. The van der Waals surface area contributed by atoms with Crippen LogP contribution in [0.3, 0.4) is 0 Å². The molecule has 2 amide bonds. The molecule has 0 radical (unpaired) electrons. The topological polar surface area (TPSA) is 86.8 Å². The summed E-state index contributed by atoms with van der Waals surface area (Å²) in [5, 5.41) is 2.78. The Hall–Kier alpha value is -3.79. The highest BCUT2D eigenvalue weighted by Crippen LogP contribution is 2.26. The summed E-state index contributed by atoms with van der Waals surface area (Å²) in [6, 6.07) is 17.1. The lowest BCUT2D eigenvalue weighted by Gasteiger charge is -2.32. The van der Waals surface area contributed by atoms with Crippen LogP contribution in [-0.4, -0.2) is 44.3 Å². The Bertz CT molecular complexity index is 1350. The number of nitrogens with zero attached hydrogens (tertiary/aromatic N) is 2. The highest BCUT2D eigenvalue weighted by molar-refractivity contribution is 7.92. The molecule has 0 heterocycles. The normalized spacial score (nSPS) is 12.2. The van der Waals surface area contributed by atoms with Gasteiger partial charge in [-0.2, -0.15) is 0 Å². The Balaban J connectivity index is 2.00. The minimum atomic E-state index is -4.36. The second-order valence-electron chi connectivity index (χ2n) is 9.24. The summed E-state index contributed by atoms with van der Waals surface area (Å²) in [4.78, 5) is 27.7. The third kappa shape index (κ3) is 7.16. The van der Waals surface area contributed by atoms with Crippen LogP contribution in [0.25, 0.3) is 0 Å². The van der Waals surface area contributed by atoms with Gasteiger partial charge in [0.2, 0.25) is 11.8 Å². The number of nitrogens with one attached hydrogen (secondary N) is 1. The van der Waals surface area contributed by atoms with Gasteiger partial charge < -0.3 is 10.2 Å². The van der Waals surface area contributed by atoms with Gasteiger partial charge >= 0.3 is 0 Å². The van der Waals surface area contributed by atoms with E-state index in [4.69, 9.17) is 0 Å². The largest absolute Gasteiger partial charge is 0.354 e. The van der Waals surface area contributed by atoms with E-state index in [1.165, 1.54) is 78.6 Å². The zero-order valence-corrected chi connectivity index (χ0v) is 22.3. The molecule has 0 saturated carbocycles. The fourth-order valence-corrected chi connectivity index (χ4v) is 5.15. The smallest absolute Gasteiger partial charge is 0.264 e. The van der Waals surface area contributed by atoms with Crippen LogP contribution >= 0.6 is 0 Å². The van der Waals surface area contributed by atoms with Gasteiger partial charge in [0.1, 0.15) is 24.2 Å². The number of carbonyl (C=O) groups is 2. The minimum Gasteiger partial charge on any atom is -0.354 e. The second kappa shape index (κ2) is 12.6. The third-order valence-corrected chi connectivity index (χ3v) is 7.62. The SMILES string of the molecule is CC(C)CNC(=O)[C@H](C)N(Cc1ccc(F)cc1)C(=O)CN(c1ccccc1F)S(=O)(=O)c1ccccc1. The van der Waals surface area contributed by atoms with Gasteiger partial charge in [-0.15, -0.1) is 0 Å². The van der Waals surface area contributed by atoms with Crippen molar-refractivity contribution in [3.63, 3.8) is 0 Å². The molecule has 3 rings (SSSR count). The van der Waals surface area contributed by atoms with Crippen molar-refractivity contribution in [2.75, 3.05) is 17.4 Å². The number of anilines is 1. The molecular weight excluding hydrogens is 512 g/mol. The first-order chi connectivity index (χ1) is 18.0. The van der Waals surface area contributed by atoms with Gasteiger partial charge in [-0.05, 0) is 54.8 Å². The molecule has 0 spiro atoms. The number of rotatable bonds is 11. The highest BCUT2D eigenvalue weighted by atomic mass is 32.2. The quantitative estimate of drug-likeness (QED) is 0.390. The third-order valence-electron chi connectivity index (χ3n) is 5.85. The number of hydrogen-bond donors (Lipinski definition) is 1. The van der Waals surface area contributed by atoms with Gasteiger partial charge in [0.05, 0.1) is 10.6 Å². The molecular formula is C28H31F2N3O4S. The van der Waals surface area contributed by atoms with Gasteiger partial charge in [0.15, 0.2) is 0 Å². The first-order valence-electron chi connectivity index (χ1n) is 12.1. The molecule has 38 heavy (non-hydrogen) atoms. The zero-order valence-electron chi connectivity index (χ0n) is 21.5. The maximum atomic E-state index is 14.9. The fourth-order valence-electron chi connectivity index (χ4n) is 3.71. The molecule has 0 aliphatic carbocycles. The van der Waals surface area contributed by atoms with Crippen molar-refractivity contribution < 1.29 is 26.8 Å². The van der Waals surface area contributed by atoms with Gasteiger partial charge in [0.25, 0.3) is 10.0 Å². The molecule has 7 nitrogen and oxygen atoms in total. The van der Waals surface area contributed by atoms with Crippen molar-refractivity contribution in [1.82, 2.24) is 10.2 Å². The molecule has 202 valence electrons. The van der Waals surface area contributed by atoms with Crippen LogP contribution in [0.4, 0.5) is 14.5 Å². The van der Waals surface area contributed by atoms with Gasteiger partial charge in [-0.3, -0.25) is 13.9 Å². The van der Waals surface area contributed by atoms with Gasteiger partial charge in [0, 0.05) is 13.1 Å². The Kier molecular flexibility index (Phi) is 9.57. The molecule has 3 aromatic rings. The molecule has 0 fully saturated rings. The van der Waals surface area contributed by atoms with Crippen molar-refractivity contribution in [3.8, 4) is 0 Å². The Morgan fingerprint density at radius 3 is 2.08 bits per heavy atom. The summed E-state index contributed by atoms with van der Waals surface area (Å²) in [5.41, 5.74) is 0.231. The lowest BCUT2D eigenvalue weighted by Crippen LogP contribution is -2.51. The summed E-state index contributed by atoms with van der Waals surface area (Å²) in [5.74, 6) is -2.29. The Morgan fingerprint density at radius 1 is 0.868 bits per heavy atom. The molecule has 3 aromatic carbocycles. The summed E-state index contributed by atoms with van der Waals surface area (Å²) < 4.78 is 56.2. The maximum Gasteiger partial charge on any atom is 0.264 e. The number of amides is 2. The van der Waals surface area contributed by atoms with Crippen LogP contribution in [0.15, 0.2) is 83.8 Å². The molecule has 0 aliphatic rings. The number of sulfonamides is 1. The Morgan fingerprint density at radius 2 is 1.47 bits per heavy atom.